The molecule has 3 aromatic rings. The third-order valence-corrected chi connectivity index (χ3v) is 3.46. The average molecular weight is 290 g/mol. The van der Waals surface area contributed by atoms with E-state index in [0.717, 1.165) is 27.8 Å². The van der Waals surface area contributed by atoms with E-state index in [-0.39, 0.29) is 0 Å². The predicted molar refractivity (Wildman–Crippen MR) is 86.3 cm³/mol. The Balaban J connectivity index is 2.17. The molecule has 0 saturated heterocycles. The molecule has 2 heterocycles. The van der Waals surface area contributed by atoms with Crippen molar-refractivity contribution in [2.75, 3.05) is 0 Å². The van der Waals surface area contributed by atoms with Gasteiger partial charge >= 0.3 is 0 Å². The van der Waals surface area contributed by atoms with E-state index in [1.807, 2.05) is 23.7 Å². The van der Waals surface area contributed by atoms with E-state index in [1.165, 1.54) is 6.20 Å². The Kier molecular flexibility index (Phi) is 3.54. The third-order valence-electron chi connectivity index (χ3n) is 3.46. The highest BCUT2D eigenvalue weighted by molar-refractivity contribution is 6.02. The van der Waals surface area contributed by atoms with Crippen molar-refractivity contribution in [1.29, 1.82) is 5.26 Å². The number of imidazole rings is 1. The van der Waals surface area contributed by atoms with Crippen molar-refractivity contribution in [1.82, 2.24) is 14.5 Å². The second kappa shape index (κ2) is 5.66. The highest BCUT2D eigenvalue weighted by Gasteiger charge is 2.11. The van der Waals surface area contributed by atoms with Crippen LogP contribution in [0, 0.1) is 11.3 Å². The van der Waals surface area contributed by atoms with E-state index >= 15 is 0 Å². The van der Waals surface area contributed by atoms with Crippen molar-refractivity contribution < 1.29 is 0 Å². The zero-order chi connectivity index (χ0) is 15.5. The Morgan fingerprint density at radius 1 is 1.41 bits per heavy atom. The zero-order valence-electron chi connectivity index (χ0n) is 12.1. The molecule has 3 rings (SSSR count). The van der Waals surface area contributed by atoms with Crippen LogP contribution in [0.5, 0.6) is 0 Å². The molecule has 6 nitrogen and oxygen atoms in total. The van der Waals surface area contributed by atoms with E-state index in [9.17, 15) is 0 Å². The van der Waals surface area contributed by atoms with Crippen LogP contribution >= 0.6 is 0 Å². The van der Waals surface area contributed by atoms with Gasteiger partial charge in [0.2, 0.25) is 0 Å². The Bertz CT molecular complexity index is 943. The van der Waals surface area contributed by atoms with Crippen molar-refractivity contribution in [3.05, 3.63) is 48.1 Å². The molecule has 1 aromatic carbocycles. The van der Waals surface area contributed by atoms with Crippen LogP contribution in [-0.2, 0) is 13.6 Å². The lowest BCUT2D eigenvalue weighted by atomic mass is 10.1. The molecule has 0 bridgehead atoms. The molecule has 0 saturated carbocycles. The highest BCUT2D eigenvalue weighted by atomic mass is 15.1. The Labute approximate surface area is 127 Å². The van der Waals surface area contributed by atoms with Crippen molar-refractivity contribution in [3.63, 3.8) is 0 Å². The second-order valence-corrected chi connectivity index (χ2v) is 4.80. The van der Waals surface area contributed by atoms with Gasteiger partial charge in [-0.25, -0.2) is 4.98 Å². The Morgan fingerprint density at radius 3 is 3.05 bits per heavy atom. The zero-order valence-corrected chi connectivity index (χ0v) is 12.1. The van der Waals surface area contributed by atoms with E-state index in [2.05, 4.69) is 21.0 Å². The normalized spacial score (nSPS) is 11.8. The van der Waals surface area contributed by atoms with Crippen LogP contribution in [0.4, 0.5) is 0 Å². The van der Waals surface area contributed by atoms with Crippen molar-refractivity contribution in [3.8, 4) is 6.07 Å². The third kappa shape index (κ3) is 2.29. The summed E-state index contributed by atoms with van der Waals surface area (Å²) in [5, 5.41) is 10.0. The monoisotopic (exact) mass is 290 g/mol. The maximum absolute atomic E-state index is 9.08. The van der Waals surface area contributed by atoms with Gasteiger partial charge in [0.1, 0.15) is 11.3 Å². The number of nitrogens with zero attached hydrogens (tertiary/aromatic N) is 5. The number of benzene rings is 1. The number of hydrogen-bond acceptors (Lipinski definition) is 5. The van der Waals surface area contributed by atoms with Crippen LogP contribution < -0.4 is 5.73 Å². The first-order valence-electron chi connectivity index (χ1n) is 6.75. The highest BCUT2D eigenvalue weighted by Crippen LogP contribution is 2.25. The van der Waals surface area contributed by atoms with Crippen molar-refractivity contribution in [2.24, 2.45) is 17.8 Å². The van der Waals surface area contributed by atoms with E-state index in [1.54, 1.807) is 24.6 Å². The molecule has 0 aliphatic rings. The van der Waals surface area contributed by atoms with Crippen molar-refractivity contribution >= 4 is 28.2 Å². The minimum absolute atomic E-state index is 0.453. The van der Waals surface area contributed by atoms with Crippen LogP contribution in [0.15, 0.2) is 41.7 Å². The molecule has 0 amide bonds. The number of hydrogen-bond donors (Lipinski definition) is 1. The lowest BCUT2D eigenvalue weighted by Gasteiger charge is -2.03. The first-order valence-corrected chi connectivity index (χ1v) is 6.75. The molecule has 0 atom stereocenters. The van der Waals surface area contributed by atoms with E-state index in [4.69, 9.17) is 11.0 Å². The molecule has 2 N–H and O–H groups in total. The van der Waals surface area contributed by atoms with Gasteiger partial charge in [0.05, 0.1) is 35.4 Å². The molecule has 2 aromatic heterocycles. The van der Waals surface area contributed by atoms with Gasteiger partial charge in [-0.15, -0.1) is 0 Å². The number of rotatable bonds is 3. The maximum Gasteiger partial charge on any atom is 0.131 e. The van der Waals surface area contributed by atoms with Gasteiger partial charge in [-0.1, -0.05) is 0 Å². The summed E-state index contributed by atoms with van der Waals surface area (Å²) in [5.41, 5.74) is 8.47. The number of nitrogens with two attached hydrogens (primary N) is 1. The van der Waals surface area contributed by atoms with Gasteiger partial charge in [0, 0.05) is 18.6 Å². The van der Waals surface area contributed by atoms with Gasteiger partial charge < -0.3 is 10.3 Å². The van der Waals surface area contributed by atoms with Gasteiger partial charge in [0.25, 0.3) is 0 Å². The fourth-order valence-corrected chi connectivity index (χ4v) is 2.40. The molecule has 0 radical (unpaired) electrons. The largest absolute Gasteiger partial charge is 0.405 e. The number of nitriles is 1. The van der Waals surface area contributed by atoms with Gasteiger partial charge in [-0.2, -0.15) is 5.26 Å². The fraction of sp³-hybridized carbons (Fsp3) is 0.125. The van der Waals surface area contributed by atoms with Crippen LogP contribution in [-0.4, -0.2) is 20.7 Å². The fourth-order valence-electron chi connectivity index (χ4n) is 2.40. The smallest absolute Gasteiger partial charge is 0.131 e. The number of allylic oxidation sites excluding steroid dienone is 1. The van der Waals surface area contributed by atoms with Crippen LogP contribution in [0.25, 0.3) is 21.9 Å². The molecule has 0 spiro atoms. The molecule has 108 valence electrons. The lowest BCUT2D eigenvalue weighted by molar-refractivity contribution is 0.817. The number of aliphatic imine (C=N–C) groups is 1. The summed E-state index contributed by atoms with van der Waals surface area (Å²) in [6.45, 7) is 0.453. The van der Waals surface area contributed by atoms with E-state index < -0.39 is 0 Å². The van der Waals surface area contributed by atoms with Gasteiger partial charge in [-0.05, 0) is 30.5 Å². The summed E-state index contributed by atoms with van der Waals surface area (Å²) in [4.78, 5) is 13.2. The van der Waals surface area contributed by atoms with Gasteiger partial charge in [-0.3, -0.25) is 9.98 Å². The summed E-state index contributed by atoms with van der Waals surface area (Å²) < 4.78 is 1.99. The topological polar surface area (TPSA) is 92.9 Å². The van der Waals surface area contributed by atoms with Crippen LogP contribution in [0.3, 0.4) is 0 Å². The first kappa shape index (κ1) is 13.8. The minimum Gasteiger partial charge on any atom is -0.405 e. The van der Waals surface area contributed by atoms with Gasteiger partial charge in [0.15, 0.2) is 0 Å². The second-order valence-electron chi connectivity index (χ2n) is 4.80. The predicted octanol–water partition coefficient (Wildman–Crippen LogP) is 2.04. The Morgan fingerprint density at radius 2 is 2.27 bits per heavy atom. The summed E-state index contributed by atoms with van der Waals surface area (Å²) in [7, 11) is 1.94. The molecule has 6 heteroatoms. The summed E-state index contributed by atoms with van der Waals surface area (Å²) in [6.07, 6.45) is 6.48. The molecule has 22 heavy (non-hydrogen) atoms. The molecule has 0 aliphatic heterocycles. The average Bonchev–Trinajstić information content (AvgIpc) is 2.87. The molecular weight excluding hydrogens is 276 g/mol. The Hall–Kier alpha value is -3.20. The first-order chi connectivity index (χ1) is 10.7. The molecule has 0 aliphatic carbocycles. The number of pyridine rings is 1. The molecular formula is C16H14N6. The van der Waals surface area contributed by atoms with E-state index in [0.29, 0.717) is 12.1 Å². The van der Waals surface area contributed by atoms with Crippen LogP contribution in [0.2, 0.25) is 0 Å². The lowest BCUT2D eigenvalue weighted by Crippen LogP contribution is -1.97. The maximum atomic E-state index is 9.08. The quantitative estimate of drug-likeness (QED) is 0.747. The van der Waals surface area contributed by atoms with Crippen molar-refractivity contribution in [2.45, 2.75) is 6.54 Å². The minimum atomic E-state index is 0.453. The summed E-state index contributed by atoms with van der Waals surface area (Å²) in [5.74, 6) is 0.827. The summed E-state index contributed by atoms with van der Waals surface area (Å²) in [6, 6.07) is 7.62. The SMILES string of the molecule is Cn1c(CN=CC=CN)nc2cnc3ccc(C#N)cc3c21. The number of fused-ring (bicyclic) bond motifs is 3. The standard InChI is InChI=1S/C16H14N6/c1-22-15(10-19-6-2-5-17)21-14-9-20-13-4-3-11(8-18)7-12(13)16(14)22/h2-7,9H,10,17H2,1H3. The summed E-state index contributed by atoms with van der Waals surface area (Å²) >= 11 is 0. The molecule has 0 unspecified atom stereocenters. The molecule has 0 fully saturated rings. The number of aryl methyl sites for hydroxylation is 1. The van der Waals surface area contributed by atoms with Crippen LogP contribution in [0.1, 0.15) is 11.4 Å². The number of aromatic nitrogens is 3.